The zero-order valence-electron chi connectivity index (χ0n) is 19.8. The van der Waals surface area contributed by atoms with Crippen molar-refractivity contribution < 1.29 is 4.79 Å². The van der Waals surface area contributed by atoms with Crippen molar-refractivity contribution in [1.82, 2.24) is 15.3 Å². The first-order chi connectivity index (χ1) is 17.0. The number of benzene rings is 3. The van der Waals surface area contributed by atoms with Crippen molar-refractivity contribution in [3.05, 3.63) is 114 Å². The fourth-order valence-corrected chi connectivity index (χ4v) is 3.81. The van der Waals surface area contributed by atoms with Crippen LogP contribution in [0.3, 0.4) is 0 Å². The van der Waals surface area contributed by atoms with Crippen LogP contribution in [0.1, 0.15) is 41.4 Å². The first kappa shape index (κ1) is 23.8. The summed E-state index contributed by atoms with van der Waals surface area (Å²) in [5.74, 6) is 0.762. The highest BCUT2D eigenvalue weighted by Gasteiger charge is 2.21. The summed E-state index contributed by atoms with van der Waals surface area (Å²) in [6.45, 7) is 4.55. The van der Waals surface area contributed by atoms with E-state index < -0.39 is 6.04 Å². The predicted molar refractivity (Wildman–Crippen MR) is 138 cm³/mol. The molecule has 2 N–H and O–H groups in total. The van der Waals surface area contributed by atoms with E-state index in [0.29, 0.717) is 12.1 Å². The Balaban J connectivity index is 1.46. The Kier molecular flexibility index (Phi) is 7.61. The van der Waals surface area contributed by atoms with Crippen LogP contribution in [0, 0.1) is 18.3 Å². The van der Waals surface area contributed by atoms with Crippen LogP contribution >= 0.6 is 0 Å². The average Bonchev–Trinajstić information content (AvgIpc) is 2.90. The number of nitrogens with one attached hydrogen (secondary N) is 2. The van der Waals surface area contributed by atoms with E-state index >= 15 is 0 Å². The molecule has 174 valence electrons. The molecule has 0 aliphatic carbocycles. The molecule has 0 saturated carbocycles. The topological polar surface area (TPSA) is 90.7 Å². The molecule has 2 atom stereocenters. The van der Waals surface area contributed by atoms with E-state index in [-0.39, 0.29) is 11.8 Å². The second-order valence-electron chi connectivity index (χ2n) is 8.47. The van der Waals surface area contributed by atoms with Crippen molar-refractivity contribution in [2.75, 3.05) is 11.9 Å². The van der Waals surface area contributed by atoms with Crippen molar-refractivity contribution >= 4 is 11.6 Å². The third-order valence-electron chi connectivity index (χ3n) is 5.90. The molecule has 0 spiro atoms. The Hall–Kier alpha value is -4.34. The van der Waals surface area contributed by atoms with Gasteiger partial charge in [-0.15, -0.1) is 0 Å². The van der Waals surface area contributed by atoms with Gasteiger partial charge < -0.3 is 10.6 Å². The summed E-state index contributed by atoms with van der Waals surface area (Å²) >= 11 is 0. The molecule has 0 aliphatic heterocycles. The molecule has 0 aliphatic rings. The van der Waals surface area contributed by atoms with Gasteiger partial charge in [0.2, 0.25) is 5.91 Å². The Morgan fingerprint density at radius 1 is 0.886 bits per heavy atom. The molecule has 4 aromatic rings. The summed E-state index contributed by atoms with van der Waals surface area (Å²) in [6, 6.07) is 26.5. The third kappa shape index (κ3) is 6.17. The van der Waals surface area contributed by atoms with Gasteiger partial charge in [-0.1, -0.05) is 61.5 Å². The number of rotatable bonds is 8. The van der Waals surface area contributed by atoms with E-state index in [4.69, 9.17) is 5.26 Å². The molecule has 1 heterocycles. The van der Waals surface area contributed by atoms with Crippen LogP contribution < -0.4 is 10.6 Å². The Labute approximate surface area is 205 Å². The van der Waals surface area contributed by atoms with Gasteiger partial charge in [0.05, 0.1) is 11.6 Å². The van der Waals surface area contributed by atoms with E-state index in [2.05, 4.69) is 33.6 Å². The lowest BCUT2D eigenvalue weighted by Crippen LogP contribution is -2.35. The van der Waals surface area contributed by atoms with Crippen LogP contribution in [0.25, 0.3) is 11.1 Å². The largest absolute Gasteiger partial charge is 0.324 e. The number of nitrogens with zero attached hydrogens (tertiary/aromatic N) is 3. The van der Waals surface area contributed by atoms with Gasteiger partial charge in [-0.25, -0.2) is 9.97 Å². The van der Waals surface area contributed by atoms with Gasteiger partial charge in [-0.3, -0.25) is 4.79 Å². The summed E-state index contributed by atoms with van der Waals surface area (Å²) in [5, 5.41) is 15.5. The molecule has 35 heavy (non-hydrogen) atoms. The molecule has 3 aromatic carbocycles. The number of hydrogen-bond acceptors (Lipinski definition) is 5. The lowest BCUT2D eigenvalue weighted by atomic mass is 9.98. The maximum atomic E-state index is 13.3. The first-order valence-electron chi connectivity index (χ1n) is 11.5. The minimum atomic E-state index is -0.512. The zero-order chi connectivity index (χ0) is 24.6. The van der Waals surface area contributed by atoms with E-state index in [9.17, 15) is 4.79 Å². The van der Waals surface area contributed by atoms with Crippen molar-refractivity contribution in [1.29, 1.82) is 5.26 Å². The Morgan fingerprint density at radius 2 is 1.54 bits per heavy atom. The molecule has 6 nitrogen and oxygen atoms in total. The lowest BCUT2D eigenvalue weighted by molar-refractivity contribution is -0.118. The number of anilines is 1. The highest BCUT2D eigenvalue weighted by Crippen LogP contribution is 2.23. The Bertz CT molecular complexity index is 1290. The molecular weight excluding hydrogens is 434 g/mol. The molecule has 0 saturated heterocycles. The number of nitriles is 1. The summed E-state index contributed by atoms with van der Waals surface area (Å²) in [6.07, 6.45) is 3.58. The van der Waals surface area contributed by atoms with Crippen LogP contribution in [-0.4, -0.2) is 22.4 Å². The summed E-state index contributed by atoms with van der Waals surface area (Å²) in [7, 11) is 0. The van der Waals surface area contributed by atoms with Crippen molar-refractivity contribution in [3.63, 3.8) is 0 Å². The molecule has 4 rings (SSSR count). The second kappa shape index (κ2) is 11.2. The number of amides is 1. The highest BCUT2D eigenvalue weighted by molar-refractivity contribution is 5.95. The van der Waals surface area contributed by atoms with Crippen LogP contribution in [0.2, 0.25) is 0 Å². The minimum absolute atomic E-state index is 0.130. The van der Waals surface area contributed by atoms with Gasteiger partial charge in [0.1, 0.15) is 11.9 Å². The molecular formula is C29H27N5O. The fraction of sp³-hybridized carbons (Fsp3) is 0.172. The smallest absolute Gasteiger partial charge is 0.246 e. The van der Waals surface area contributed by atoms with Gasteiger partial charge in [-0.05, 0) is 53.8 Å². The van der Waals surface area contributed by atoms with E-state index in [1.807, 2.05) is 85.8 Å². The monoisotopic (exact) mass is 461 g/mol. The highest BCUT2D eigenvalue weighted by atomic mass is 16.2. The van der Waals surface area contributed by atoms with Gasteiger partial charge >= 0.3 is 0 Å². The summed E-state index contributed by atoms with van der Waals surface area (Å²) in [5.41, 5.74) is 5.27. The Morgan fingerprint density at radius 3 is 2.17 bits per heavy atom. The SMILES string of the molecule is Cc1ncc(-c2ccc(NC(=O)[C@@H](NC[C@@H](C)c3ccc(C#N)cc3)c3ccccc3)cc2)cn1. The molecule has 1 aromatic heterocycles. The number of carbonyl (C=O) groups is 1. The van der Waals surface area contributed by atoms with E-state index in [0.717, 1.165) is 33.8 Å². The molecule has 0 fully saturated rings. The number of hydrogen-bond donors (Lipinski definition) is 2. The van der Waals surface area contributed by atoms with Gasteiger partial charge in [0, 0.05) is 30.2 Å². The van der Waals surface area contributed by atoms with Gasteiger partial charge in [0.25, 0.3) is 0 Å². The molecule has 0 unspecified atom stereocenters. The molecule has 0 bridgehead atoms. The van der Waals surface area contributed by atoms with Crippen LogP contribution in [0.5, 0.6) is 0 Å². The number of carbonyl (C=O) groups excluding carboxylic acids is 1. The predicted octanol–water partition coefficient (Wildman–Crippen LogP) is 5.40. The summed E-state index contributed by atoms with van der Waals surface area (Å²) < 4.78 is 0. The summed E-state index contributed by atoms with van der Waals surface area (Å²) in [4.78, 5) is 21.8. The maximum Gasteiger partial charge on any atom is 0.246 e. The normalized spacial score (nSPS) is 12.4. The molecule has 0 radical (unpaired) electrons. The van der Waals surface area contributed by atoms with Gasteiger partial charge in [-0.2, -0.15) is 5.26 Å². The van der Waals surface area contributed by atoms with Crippen LogP contribution in [-0.2, 0) is 4.79 Å². The minimum Gasteiger partial charge on any atom is -0.324 e. The number of aryl methyl sites for hydroxylation is 1. The van der Waals surface area contributed by atoms with Gasteiger partial charge in [0.15, 0.2) is 0 Å². The van der Waals surface area contributed by atoms with E-state index in [1.54, 1.807) is 12.4 Å². The van der Waals surface area contributed by atoms with Crippen LogP contribution in [0.4, 0.5) is 5.69 Å². The maximum absolute atomic E-state index is 13.3. The van der Waals surface area contributed by atoms with Crippen molar-refractivity contribution in [2.24, 2.45) is 0 Å². The molecule has 1 amide bonds. The average molecular weight is 462 g/mol. The molecule has 6 heteroatoms. The fourth-order valence-electron chi connectivity index (χ4n) is 3.81. The van der Waals surface area contributed by atoms with Crippen molar-refractivity contribution in [3.8, 4) is 17.2 Å². The quantitative estimate of drug-likeness (QED) is 0.367. The third-order valence-corrected chi connectivity index (χ3v) is 5.90. The van der Waals surface area contributed by atoms with Crippen LogP contribution in [0.15, 0.2) is 91.3 Å². The lowest BCUT2D eigenvalue weighted by Gasteiger charge is -2.22. The van der Waals surface area contributed by atoms with E-state index in [1.165, 1.54) is 0 Å². The zero-order valence-corrected chi connectivity index (χ0v) is 19.8. The standard InChI is InChI=1S/C29H27N5O/c1-20(23-10-8-22(16-30)9-11-23)17-33-28(25-6-4-3-5-7-25)29(35)34-27-14-12-24(13-15-27)26-18-31-21(2)32-19-26/h3-15,18-20,28,33H,17H2,1-2H3,(H,34,35)/t20-,28+/m1/s1. The van der Waals surface area contributed by atoms with Crippen molar-refractivity contribution in [2.45, 2.75) is 25.8 Å². The second-order valence-corrected chi connectivity index (χ2v) is 8.47. The first-order valence-corrected chi connectivity index (χ1v) is 11.5. The number of aromatic nitrogens is 2.